The third kappa shape index (κ3) is 2.58. The van der Waals surface area contributed by atoms with Crippen LogP contribution in [0.3, 0.4) is 0 Å². The van der Waals surface area contributed by atoms with Crippen molar-refractivity contribution in [1.29, 1.82) is 0 Å². The molecule has 0 atom stereocenters. The Hall–Kier alpha value is -2.13. The average molecular weight is 285 g/mol. The predicted octanol–water partition coefficient (Wildman–Crippen LogP) is 4.47. The van der Waals surface area contributed by atoms with Crippen molar-refractivity contribution in [2.75, 3.05) is 0 Å². The van der Waals surface area contributed by atoms with E-state index < -0.39 is 0 Å². The molecule has 0 aliphatic carbocycles. The average Bonchev–Trinajstić information content (AvgIpc) is 2.49. The minimum absolute atomic E-state index is 0.447. The number of benzene rings is 1. The number of hydrogen-bond acceptors (Lipinski definition) is 3. The van der Waals surface area contributed by atoms with Crippen LogP contribution < -0.4 is 4.74 Å². The lowest BCUT2D eigenvalue weighted by molar-refractivity contribution is 0.467. The van der Waals surface area contributed by atoms with Gasteiger partial charge in [-0.25, -0.2) is 9.97 Å². The summed E-state index contributed by atoms with van der Waals surface area (Å²) >= 11 is 5.74. The van der Waals surface area contributed by atoms with Gasteiger partial charge in [0.2, 0.25) is 5.88 Å². The standard InChI is InChI=1S/C16H13ClN2O/c1-11-5-7-13-3-2-4-14(16(13)19-11)20-15-8-6-12(9-17)10-18-15/h2-8,10H,9H2,1H3. The van der Waals surface area contributed by atoms with E-state index in [1.165, 1.54) is 0 Å². The molecule has 0 saturated carbocycles. The van der Waals surface area contributed by atoms with Crippen LogP contribution in [0.5, 0.6) is 11.6 Å². The lowest BCUT2D eigenvalue weighted by Gasteiger charge is -2.08. The maximum atomic E-state index is 5.83. The SMILES string of the molecule is Cc1ccc2cccc(Oc3ccc(CCl)cn3)c2n1. The zero-order valence-electron chi connectivity index (χ0n) is 11.0. The second-order valence-electron chi connectivity index (χ2n) is 4.52. The second-order valence-corrected chi connectivity index (χ2v) is 4.79. The minimum atomic E-state index is 0.447. The Bertz CT molecular complexity index is 741. The van der Waals surface area contributed by atoms with Crippen molar-refractivity contribution in [1.82, 2.24) is 9.97 Å². The highest BCUT2D eigenvalue weighted by Crippen LogP contribution is 2.27. The Labute approximate surface area is 122 Å². The molecule has 0 aliphatic heterocycles. The molecule has 100 valence electrons. The van der Waals surface area contributed by atoms with Crippen molar-refractivity contribution in [3.05, 3.63) is 59.9 Å². The smallest absolute Gasteiger partial charge is 0.219 e. The van der Waals surface area contributed by atoms with Crippen LogP contribution in [0, 0.1) is 6.92 Å². The van der Waals surface area contributed by atoms with Crippen LogP contribution >= 0.6 is 11.6 Å². The molecule has 0 spiro atoms. The highest BCUT2D eigenvalue weighted by molar-refractivity contribution is 6.17. The summed E-state index contributed by atoms with van der Waals surface area (Å²) in [5, 5.41) is 1.05. The van der Waals surface area contributed by atoms with Crippen molar-refractivity contribution in [3.63, 3.8) is 0 Å². The van der Waals surface area contributed by atoms with Gasteiger partial charge in [0.15, 0.2) is 5.75 Å². The second kappa shape index (κ2) is 5.47. The Balaban J connectivity index is 1.99. The Morgan fingerprint density at radius 2 is 2.00 bits per heavy atom. The summed E-state index contributed by atoms with van der Waals surface area (Å²) in [6.45, 7) is 1.96. The van der Waals surface area contributed by atoms with Gasteiger partial charge in [0.05, 0.1) is 0 Å². The van der Waals surface area contributed by atoms with Crippen molar-refractivity contribution >= 4 is 22.5 Å². The van der Waals surface area contributed by atoms with E-state index in [-0.39, 0.29) is 0 Å². The Morgan fingerprint density at radius 1 is 1.10 bits per heavy atom. The van der Waals surface area contributed by atoms with Gasteiger partial charge in [-0.1, -0.05) is 24.3 Å². The Morgan fingerprint density at radius 3 is 2.75 bits per heavy atom. The van der Waals surface area contributed by atoms with Gasteiger partial charge in [0.1, 0.15) is 5.52 Å². The van der Waals surface area contributed by atoms with Gasteiger partial charge in [-0.2, -0.15) is 0 Å². The Kier molecular flexibility index (Phi) is 3.52. The largest absolute Gasteiger partial charge is 0.437 e. The number of aromatic nitrogens is 2. The molecule has 0 saturated heterocycles. The molecule has 0 unspecified atom stereocenters. The van der Waals surface area contributed by atoms with Gasteiger partial charge in [-0.05, 0) is 24.6 Å². The lowest BCUT2D eigenvalue weighted by atomic mass is 10.2. The van der Waals surface area contributed by atoms with Gasteiger partial charge in [-0.15, -0.1) is 11.6 Å². The topological polar surface area (TPSA) is 35.0 Å². The maximum absolute atomic E-state index is 5.83. The van der Waals surface area contributed by atoms with Gasteiger partial charge in [-0.3, -0.25) is 0 Å². The highest BCUT2D eigenvalue weighted by atomic mass is 35.5. The molecule has 20 heavy (non-hydrogen) atoms. The highest BCUT2D eigenvalue weighted by Gasteiger charge is 2.06. The number of nitrogens with zero attached hydrogens (tertiary/aromatic N) is 2. The normalized spacial score (nSPS) is 10.7. The number of ether oxygens (including phenoxy) is 1. The number of alkyl halides is 1. The quantitative estimate of drug-likeness (QED) is 0.666. The van der Waals surface area contributed by atoms with E-state index in [9.17, 15) is 0 Å². The van der Waals surface area contributed by atoms with Gasteiger partial charge < -0.3 is 4.74 Å². The minimum Gasteiger partial charge on any atom is -0.437 e. The molecule has 0 bridgehead atoms. The van der Waals surface area contributed by atoms with E-state index in [2.05, 4.69) is 9.97 Å². The summed E-state index contributed by atoms with van der Waals surface area (Å²) in [6.07, 6.45) is 1.71. The number of halogens is 1. The molecule has 0 aliphatic rings. The molecule has 4 heteroatoms. The molecule has 3 aromatic rings. The van der Waals surface area contributed by atoms with Crippen LogP contribution in [0.15, 0.2) is 48.7 Å². The number of pyridine rings is 2. The number of aryl methyl sites for hydroxylation is 1. The monoisotopic (exact) mass is 284 g/mol. The fraction of sp³-hybridized carbons (Fsp3) is 0.125. The van der Waals surface area contributed by atoms with Crippen molar-refractivity contribution in [2.24, 2.45) is 0 Å². The molecule has 3 rings (SSSR count). The zero-order valence-corrected chi connectivity index (χ0v) is 11.8. The van der Waals surface area contributed by atoms with Crippen molar-refractivity contribution < 1.29 is 4.74 Å². The number of rotatable bonds is 3. The van der Waals surface area contributed by atoms with Crippen LogP contribution in [0.4, 0.5) is 0 Å². The first-order valence-electron chi connectivity index (χ1n) is 6.31. The summed E-state index contributed by atoms with van der Waals surface area (Å²) < 4.78 is 5.83. The molecule has 2 heterocycles. The van der Waals surface area contributed by atoms with Crippen LogP contribution in [0.2, 0.25) is 0 Å². The van der Waals surface area contributed by atoms with E-state index in [1.807, 2.05) is 49.4 Å². The summed E-state index contributed by atoms with van der Waals surface area (Å²) in [7, 11) is 0. The fourth-order valence-electron chi connectivity index (χ4n) is 1.96. The summed E-state index contributed by atoms with van der Waals surface area (Å²) in [4.78, 5) is 8.77. The predicted molar refractivity (Wildman–Crippen MR) is 80.3 cm³/mol. The van der Waals surface area contributed by atoms with Gasteiger partial charge in [0, 0.05) is 29.2 Å². The molecular formula is C16H13ClN2O. The summed E-state index contributed by atoms with van der Waals surface area (Å²) in [5.74, 6) is 1.69. The van der Waals surface area contributed by atoms with Crippen molar-refractivity contribution in [2.45, 2.75) is 12.8 Å². The summed E-state index contributed by atoms with van der Waals surface area (Å²) in [6, 6.07) is 13.6. The van der Waals surface area contributed by atoms with Gasteiger partial charge in [0.25, 0.3) is 0 Å². The molecule has 0 N–H and O–H groups in total. The van der Waals surface area contributed by atoms with E-state index in [0.717, 1.165) is 22.2 Å². The first-order valence-corrected chi connectivity index (χ1v) is 6.85. The number of fused-ring (bicyclic) bond motifs is 1. The number of para-hydroxylation sites is 1. The third-order valence-electron chi connectivity index (χ3n) is 2.99. The first kappa shape index (κ1) is 12.9. The van der Waals surface area contributed by atoms with Crippen LogP contribution in [0.25, 0.3) is 10.9 Å². The first-order chi connectivity index (χ1) is 9.76. The van der Waals surface area contributed by atoms with Crippen LogP contribution in [-0.2, 0) is 5.88 Å². The van der Waals surface area contributed by atoms with E-state index in [0.29, 0.717) is 17.5 Å². The number of hydrogen-bond donors (Lipinski definition) is 0. The molecular weight excluding hydrogens is 272 g/mol. The maximum Gasteiger partial charge on any atom is 0.219 e. The molecule has 0 fully saturated rings. The van der Waals surface area contributed by atoms with Gasteiger partial charge >= 0.3 is 0 Å². The molecule has 2 aromatic heterocycles. The van der Waals surface area contributed by atoms with Crippen LogP contribution in [-0.4, -0.2) is 9.97 Å². The molecule has 1 aromatic carbocycles. The van der Waals surface area contributed by atoms with E-state index in [4.69, 9.17) is 16.3 Å². The van der Waals surface area contributed by atoms with Crippen molar-refractivity contribution in [3.8, 4) is 11.6 Å². The summed E-state index contributed by atoms with van der Waals surface area (Å²) in [5.41, 5.74) is 2.76. The third-order valence-corrected chi connectivity index (χ3v) is 3.30. The lowest BCUT2D eigenvalue weighted by Crippen LogP contribution is -1.92. The molecule has 3 nitrogen and oxygen atoms in total. The molecule has 0 amide bonds. The van der Waals surface area contributed by atoms with E-state index >= 15 is 0 Å². The zero-order chi connectivity index (χ0) is 13.9. The van der Waals surface area contributed by atoms with Crippen LogP contribution in [0.1, 0.15) is 11.3 Å². The van der Waals surface area contributed by atoms with E-state index in [1.54, 1.807) is 6.20 Å². The fourth-order valence-corrected chi connectivity index (χ4v) is 2.12. The molecule has 0 radical (unpaired) electrons.